The normalized spacial score (nSPS) is 25.1. The van der Waals surface area contributed by atoms with Crippen LogP contribution in [-0.4, -0.2) is 6.04 Å². The van der Waals surface area contributed by atoms with E-state index in [0.29, 0.717) is 6.04 Å². The summed E-state index contributed by atoms with van der Waals surface area (Å²) in [4.78, 5) is 0. The summed E-state index contributed by atoms with van der Waals surface area (Å²) in [5.41, 5.74) is 11.6. The van der Waals surface area contributed by atoms with Crippen molar-refractivity contribution in [3.05, 3.63) is 34.4 Å². The van der Waals surface area contributed by atoms with Crippen LogP contribution in [0.4, 0.5) is 0 Å². The lowest BCUT2D eigenvalue weighted by atomic mass is 9.76. The summed E-state index contributed by atoms with van der Waals surface area (Å²) in [7, 11) is 0. The molecule has 0 bridgehead atoms. The van der Waals surface area contributed by atoms with E-state index in [1.165, 1.54) is 41.5 Å². The van der Waals surface area contributed by atoms with Gasteiger partial charge in [-0.1, -0.05) is 12.1 Å². The molecule has 0 saturated heterocycles. The number of nitrogens with two attached hydrogens (primary N) is 1. The average molecular weight is 203 g/mol. The number of hydrogen-bond donors (Lipinski definition) is 1. The summed E-state index contributed by atoms with van der Waals surface area (Å²) < 4.78 is 0. The van der Waals surface area contributed by atoms with E-state index in [1.54, 1.807) is 0 Å². The molecule has 0 aliphatic heterocycles. The summed E-state index contributed by atoms with van der Waals surface area (Å²) >= 11 is 0. The molecule has 0 atom stereocenters. The SMILES string of the molecule is Cc1cc(C)c(CC2CC(N)C2)cc1C. The quantitative estimate of drug-likeness (QED) is 0.786. The molecule has 0 amide bonds. The van der Waals surface area contributed by atoms with Gasteiger partial charge in [-0.2, -0.15) is 0 Å². The molecule has 15 heavy (non-hydrogen) atoms. The maximum absolute atomic E-state index is 5.81. The second kappa shape index (κ2) is 3.97. The lowest BCUT2D eigenvalue weighted by molar-refractivity contribution is 0.264. The third-order valence-corrected chi connectivity index (χ3v) is 3.73. The molecule has 1 aliphatic carbocycles. The van der Waals surface area contributed by atoms with Gasteiger partial charge in [-0.15, -0.1) is 0 Å². The fraction of sp³-hybridized carbons (Fsp3) is 0.571. The molecule has 1 aromatic carbocycles. The van der Waals surface area contributed by atoms with Crippen LogP contribution in [0.2, 0.25) is 0 Å². The standard InChI is InChI=1S/C14H21N/c1-9-4-11(3)13(5-10(9)2)6-12-7-14(15)8-12/h4-5,12,14H,6-8,15H2,1-3H3. The summed E-state index contributed by atoms with van der Waals surface area (Å²) in [5, 5.41) is 0. The minimum absolute atomic E-state index is 0.474. The first kappa shape index (κ1) is 10.7. The van der Waals surface area contributed by atoms with Gasteiger partial charge in [-0.05, 0) is 68.2 Å². The van der Waals surface area contributed by atoms with Crippen LogP contribution in [0.25, 0.3) is 0 Å². The van der Waals surface area contributed by atoms with E-state index >= 15 is 0 Å². The summed E-state index contributed by atoms with van der Waals surface area (Å²) in [6.45, 7) is 6.61. The van der Waals surface area contributed by atoms with Crippen molar-refractivity contribution in [2.45, 2.75) is 46.1 Å². The Bertz CT molecular complexity index is 362. The molecule has 0 radical (unpaired) electrons. The van der Waals surface area contributed by atoms with Gasteiger partial charge in [0.15, 0.2) is 0 Å². The Morgan fingerprint density at radius 2 is 1.67 bits per heavy atom. The zero-order valence-corrected chi connectivity index (χ0v) is 10.0. The minimum Gasteiger partial charge on any atom is -0.328 e. The van der Waals surface area contributed by atoms with Crippen LogP contribution in [0.15, 0.2) is 12.1 Å². The molecule has 0 spiro atoms. The molecular weight excluding hydrogens is 182 g/mol. The van der Waals surface area contributed by atoms with E-state index in [2.05, 4.69) is 32.9 Å². The summed E-state index contributed by atoms with van der Waals surface area (Å²) in [6.07, 6.45) is 3.65. The molecule has 1 heteroatoms. The van der Waals surface area contributed by atoms with Gasteiger partial charge in [0.2, 0.25) is 0 Å². The Kier molecular flexibility index (Phi) is 2.83. The maximum atomic E-state index is 5.81. The first-order valence-electron chi connectivity index (χ1n) is 5.88. The van der Waals surface area contributed by atoms with Gasteiger partial charge in [0, 0.05) is 6.04 Å². The van der Waals surface area contributed by atoms with Crippen LogP contribution in [0.5, 0.6) is 0 Å². The topological polar surface area (TPSA) is 26.0 Å². The second-order valence-corrected chi connectivity index (χ2v) is 5.16. The van der Waals surface area contributed by atoms with Gasteiger partial charge in [0.05, 0.1) is 0 Å². The minimum atomic E-state index is 0.474. The van der Waals surface area contributed by atoms with Gasteiger partial charge >= 0.3 is 0 Å². The lowest BCUT2D eigenvalue weighted by Gasteiger charge is -2.33. The summed E-state index contributed by atoms with van der Waals surface area (Å²) in [6, 6.07) is 5.14. The van der Waals surface area contributed by atoms with E-state index in [4.69, 9.17) is 5.73 Å². The van der Waals surface area contributed by atoms with Crippen LogP contribution >= 0.6 is 0 Å². The molecule has 1 aliphatic rings. The Hall–Kier alpha value is -0.820. The highest BCUT2D eigenvalue weighted by Crippen LogP contribution is 2.30. The van der Waals surface area contributed by atoms with Gasteiger partial charge in [0.1, 0.15) is 0 Å². The highest BCUT2D eigenvalue weighted by atomic mass is 14.7. The molecule has 1 fully saturated rings. The molecular formula is C14H21N. The van der Waals surface area contributed by atoms with Gasteiger partial charge in [-0.3, -0.25) is 0 Å². The van der Waals surface area contributed by atoms with Crippen molar-refractivity contribution in [2.75, 3.05) is 0 Å². The van der Waals surface area contributed by atoms with Crippen molar-refractivity contribution >= 4 is 0 Å². The lowest BCUT2D eigenvalue weighted by Crippen LogP contribution is -2.37. The Morgan fingerprint density at radius 1 is 1.07 bits per heavy atom. The van der Waals surface area contributed by atoms with E-state index < -0.39 is 0 Å². The smallest absolute Gasteiger partial charge is 0.00443 e. The van der Waals surface area contributed by atoms with Gasteiger partial charge in [-0.25, -0.2) is 0 Å². The molecule has 0 unspecified atom stereocenters. The monoisotopic (exact) mass is 203 g/mol. The number of aryl methyl sites for hydroxylation is 3. The second-order valence-electron chi connectivity index (χ2n) is 5.16. The zero-order valence-electron chi connectivity index (χ0n) is 10.0. The Balaban J connectivity index is 2.11. The predicted octanol–water partition coefficient (Wildman–Crippen LogP) is 2.89. The average Bonchev–Trinajstić information content (AvgIpc) is 2.11. The van der Waals surface area contributed by atoms with Crippen LogP contribution in [0, 0.1) is 26.7 Å². The van der Waals surface area contributed by atoms with Crippen molar-refractivity contribution in [3.8, 4) is 0 Å². The molecule has 2 rings (SSSR count). The van der Waals surface area contributed by atoms with Crippen LogP contribution in [-0.2, 0) is 6.42 Å². The fourth-order valence-corrected chi connectivity index (χ4v) is 2.51. The number of benzene rings is 1. The molecule has 2 N–H and O–H groups in total. The fourth-order valence-electron chi connectivity index (χ4n) is 2.51. The molecule has 1 aromatic rings. The zero-order chi connectivity index (χ0) is 11.0. The van der Waals surface area contributed by atoms with Crippen LogP contribution in [0.1, 0.15) is 35.1 Å². The van der Waals surface area contributed by atoms with Crippen LogP contribution in [0.3, 0.4) is 0 Å². The van der Waals surface area contributed by atoms with E-state index in [-0.39, 0.29) is 0 Å². The van der Waals surface area contributed by atoms with E-state index in [9.17, 15) is 0 Å². The van der Waals surface area contributed by atoms with Gasteiger partial charge in [0.25, 0.3) is 0 Å². The largest absolute Gasteiger partial charge is 0.328 e. The predicted molar refractivity (Wildman–Crippen MR) is 65.1 cm³/mol. The van der Waals surface area contributed by atoms with Crippen molar-refractivity contribution in [2.24, 2.45) is 11.7 Å². The van der Waals surface area contributed by atoms with Crippen LogP contribution < -0.4 is 5.73 Å². The maximum Gasteiger partial charge on any atom is 0.00443 e. The Labute approximate surface area is 92.7 Å². The van der Waals surface area contributed by atoms with E-state index in [0.717, 1.165) is 5.92 Å². The molecule has 1 nitrogen and oxygen atoms in total. The first-order valence-corrected chi connectivity index (χ1v) is 5.88. The molecule has 82 valence electrons. The number of hydrogen-bond acceptors (Lipinski definition) is 1. The highest BCUT2D eigenvalue weighted by molar-refractivity contribution is 5.36. The molecule has 0 heterocycles. The van der Waals surface area contributed by atoms with Crippen molar-refractivity contribution in [1.82, 2.24) is 0 Å². The third-order valence-electron chi connectivity index (χ3n) is 3.73. The van der Waals surface area contributed by atoms with Gasteiger partial charge < -0.3 is 5.73 Å². The first-order chi connectivity index (χ1) is 7.06. The van der Waals surface area contributed by atoms with Crippen molar-refractivity contribution < 1.29 is 0 Å². The van der Waals surface area contributed by atoms with Crippen molar-refractivity contribution in [3.63, 3.8) is 0 Å². The Morgan fingerprint density at radius 3 is 2.27 bits per heavy atom. The molecule has 0 aromatic heterocycles. The summed E-state index contributed by atoms with van der Waals surface area (Å²) in [5.74, 6) is 0.834. The van der Waals surface area contributed by atoms with Crippen molar-refractivity contribution in [1.29, 1.82) is 0 Å². The number of rotatable bonds is 2. The van der Waals surface area contributed by atoms with E-state index in [1.807, 2.05) is 0 Å². The third kappa shape index (κ3) is 2.23. The highest BCUT2D eigenvalue weighted by Gasteiger charge is 2.26. The molecule has 1 saturated carbocycles.